The summed E-state index contributed by atoms with van der Waals surface area (Å²) in [5.74, 6) is 0. The van der Waals surface area contributed by atoms with Gasteiger partial charge in [-0.25, -0.2) is 13.4 Å². The van der Waals surface area contributed by atoms with E-state index in [1.807, 2.05) is 12.1 Å². The molecule has 4 nitrogen and oxygen atoms in total. The third-order valence-electron chi connectivity index (χ3n) is 3.53. The van der Waals surface area contributed by atoms with Crippen LogP contribution in [0.5, 0.6) is 0 Å². The summed E-state index contributed by atoms with van der Waals surface area (Å²) in [6.07, 6.45) is 0. The van der Waals surface area contributed by atoms with Gasteiger partial charge in [0.15, 0.2) is 5.13 Å². The fraction of sp³-hybridized carbons (Fsp3) is 0.235. The van der Waals surface area contributed by atoms with Gasteiger partial charge in [-0.05, 0) is 35.2 Å². The van der Waals surface area contributed by atoms with Crippen molar-refractivity contribution in [1.29, 1.82) is 0 Å². The summed E-state index contributed by atoms with van der Waals surface area (Å²) in [6, 6.07) is 14.4. The van der Waals surface area contributed by atoms with E-state index in [9.17, 15) is 8.42 Å². The zero-order valence-electron chi connectivity index (χ0n) is 13.2. The molecule has 0 aliphatic carbocycles. The van der Waals surface area contributed by atoms with Gasteiger partial charge in [0.1, 0.15) is 0 Å². The van der Waals surface area contributed by atoms with E-state index >= 15 is 0 Å². The summed E-state index contributed by atoms with van der Waals surface area (Å²) < 4.78 is 28.3. The summed E-state index contributed by atoms with van der Waals surface area (Å²) >= 11 is 1.35. The fourth-order valence-corrected chi connectivity index (χ4v) is 4.37. The Hall–Kier alpha value is -1.92. The Balaban J connectivity index is 1.95. The van der Waals surface area contributed by atoms with Crippen molar-refractivity contribution in [1.82, 2.24) is 4.98 Å². The van der Waals surface area contributed by atoms with E-state index in [2.05, 4.69) is 36.5 Å². The SMILES string of the molecule is CC(C)(C)c1ccc2nc(NS(=O)(=O)c3ccccc3)sc2c1. The smallest absolute Gasteiger partial charge is 0.255 e. The number of sulfonamides is 1. The molecule has 3 rings (SSSR count). The number of thiazole rings is 1. The molecule has 120 valence electrons. The lowest BCUT2D eigenvalue weighted by Crippen LogP contribution is -2.12. The summed E-state index contributed by atoms with van der Waals surface area (Å²) in [4.78, 5) is 4.61. The van der Waals surface area contributed by atoms with Crippen molar-refractivity contribution >= 4 is 36.7 Å². The summed E-state index contributed by atoms with van der Waals surface area (Å²) in [5.41, 5.74) is 2.04. The molecule has 0 spiro atoms. The van der Waals surface area contributed by atoms with Crippen LogP contribution in [0.25, 0.3) is 10.2 Å². The largest absolute Gasteiger partial charge is 0.263 e. The fourth-order valence-electron chi connectivity index (χ4n) is 2.21. The second-order valence-corrected chi connectivity index (χ2v) is 9.08. The van der Waals surface area contributed by atoms with Crippen molar-refractivity contribution in [3.8, 4) is 0 Å². The third kappa shape index (κ3) is 3.38. The number of benzene rings is 2. The number of rotatable bonds is 3. The minimum Gasteiger partial charge on any atom is -0.255 e. The molecular formula is C17H18N2O2S2. The van der Waals surface area contributed by atoms with E-state index in [1.165, 1.54) is 16.9 Å². The normalized spacial score (nSPS) is 12.5. The van der Waals surface area contributed by atoms with E-state index < -0.39 is 10.0 Å². The predicted molar refractivity (Wildman–Crippen MR) is 95.6 cm³/mol. The molecular weight excluding hydrogens is 328 g/mol. The second kappa shape index (κ2) is 5.62. The van der Waals surface area contributed by atoms with Crippen LogP contribution < -0.4 is 4.72 Å². The molecule has 2 aromatic carbocycles. The predicted octanol–water partition coefficient (Wildman–Crippen LogP) is 4.39. The first-order valence-corrected chi connectivity index (χ1v) is 9.55. The molecule has 0 radical (unpaired) electrons. The lowest BCUT2D eigenvalue weighted by Gasteiger charge is -2.18. The molecule has 0 saturated carbocycles. The van der Waals surface area contributed by atoms with Crippen LogP contribution in [-0.2, 0) is 15.4 Å². The van der Waals surface area contributed by atoms with Gasteiger partial charge in [-0.2, -0.15) is 0 Å². The first-order valence-electron chi connectivity index (χ1n) is 7.25. The first kappa shape index (κ1) is 16.0. The molecule has 0 saturated heterocycles. The maximum Gasteiger partial charge on any atom is 0.263 e. The number of hydrogen-bond acceptors (Lipinski definition) is 4. The van der Waals surface area contributed by atoms with E-state index in [1.54, 1.807) is 30.3 Å². The number of hydrogen-bond donors (Lipinski definition) is 1. The van der Waals surface area contributed by atoms with E-state index in [0.29, 0.717) is 5.13 Å². The standard InChI is InChI=1S/C17H18N2O2S2/c1-17(2,3)12-9-10-14-15(11-12)22-16(18-14)19-23(20,21)13-7-5-4-6-8-13/h4-11H,1-3H3,(H,18,19). The third-order valence-corrected chi connectivity index (χ3v) is 5.95. The Morgan fingerprint density at radius 1 is 1.04 bits per heavy atom. The highest BCUT2D eigenvalue weighted by molar-refractivity contribution is 7.93. The second-order valence-electron chi connectivity index (χ2n) is 6.37. The molecule has 0 unspecified atom stereocenters. The van der Waals surface area contributed by atoms with Gasteiger partial charge in [0.25, 0.3) is 10.0 Å². The molecule has 23 heavy (non-hydrogen) atoms. The maximum atomic E-state index is 12.4. The molecule has 1 aromatic heterocycles. The number of nitrogens with one attached hydrogen (secondary N) is 1. The molecule has 0 bridgehead atoms. The van der Waals surface area contributed by atoms with Gasteiger partial charge in [-0.1, -0.05) is 56.4 Å². The van der Waals surface area contributed by atoms with Crippen molar-refractivity contribution in [3.05, 3.63) is 54.1 Å². The number of nitrogens with zero attached hydrogens (tertiary/aromatic N) is 1. The molecule has 0 aliphatic heterocycles. The van der Waals surface area contributed by atoms with Gasteiger partial charge >= 0.3 is 0 Å². The Bertz CT molecular complexity index is 940. The monoisotopic (exact) mass is 346 g/mol. The maximum absolute atomic E-state index is 12.4. The average molecular weight is 346 g/mol. The Kier molecular flexibility index (Phi) is 3.90. The van der Waals surface area contributed by atoms with Crippen LogP contribution in [0, 0.1) is 0 Å². The quantitative estimate of drug-likeness (QED) is 0.765. The average Bonchev–Trinajstić information content (AvgIpc) is 2.87. The summed E-state index contributed by atoms with van der Waals surface area (Å²) in [6.45, 7) is 6.44. The van der Waals surface area contributed by atoms with Crippen LogP contribution in [0.4, 0.5) is 5.13 Å². The summed E-state index contributed by atoms with van der Waals surface area (Å²) in [7, 11) is -3.60. The van der Waals surface area contributed by atoms with Gasteiger partial charge in [-0.15, -0.1) is 0 Å². The molecule has 1 heterocycles. The van der Waals surface area contributed by atoms with Crippen molar-refractivity contribution in [2.75, 3.05) is 4.72 Å². The highest BCUT2D eigenvalue weighted by Gasteiger charge is 2.18. The van der Waals surface area contributed by atoms with Gasteiger partial charge < -0.3 is 0 Å². The lowest BCUT2D eigenvalue weighted by atomic mass is 9.87. The van der Waals surface area contributed by atoms with Crippen LogP contribution in [0.1, 0.15) is 26.3 Å². The summed E-state index contributed by atoms with van der Waals surface area (Å²) in [5, 5.41) is 0.384. The Morgan fingerprint density at radius 2 is 1.74 bits per heavy atom. The van der Waals surface area contributed by atoms with Gasteiger partial charge in [0.2, 0.25) is 0 Å². The number of aromatic nitrogens is 1. The number of anilines is 1. The van der Waals surface area contributed by atoms with Crippen LogP contribution in [-0.4, -0.2) is 13.4 Å². The van der Waals surface area contributed by atoms with E-state index in [4.69, 9.17) is 0 Å². The first-order chi connectivity index (χ1) is 10.8. The van der Waals surface area contributed by atoms with Crippen LogP contribution in [0.2, 0.25) is 0 Å². The van der Waals surface area contributed by atoms with Gasteiger partial charge in [0.05, 0.1) is 15.1 Å². The van der Waals surface area contributed by atoms with Crippen molar-refractivity contribution in [2.24, 2.45) is 0 Å². The van der Waals surface area contributed by atoms with Crippen LogP contribution >= 0.6 is 11.3 Å². The molecule has 1 N–H and O–H groups in total. The molecule has 0 atom stereocenters. The zero-order chi connectivity index (χ0) is 16.7. The van der Waals surface area contributed by atoms with Crippen molar-refractivity contribution in [3.63, 3.8) is 0 Å². The van der Waals surface area contributed by atoms with Crippen LogP contribution in [0.15, 0.2) is 53.4 Å². The van der Waals surface area contributed by atoms with Gasteiger partial charge in [-0.3, -0.25) is 4.72 Å². The van der Waals surface area contributed by atoms with Gasteiger partial charge in [0, 0.05) is 0 Å². The highest BCUT2D eigenvalue weighted by atomic mass is 32.2. The topological polar surface area (TPSA) is 59.1 Å². The molecule has 6 heteroatoms. The Labute approximate surface area is 140 Å². The minimum atomic E-state index is -3.60. The molecule has 3 aromatic rings. The molecule has 0 fully saturated rings. The molecule has 0 aliphatic rings. The van der Waals surface area contributed by atoms with E-state index in [0.717, 1.165) is 10.2 Å². The van der Waals surface area contributed by atoms with E-state index in [-0.39, 0.29) is 10.3 Å². The number of fused-ring (bicyclic) bond motifs is 1. The highest BCUT2D eigenvalue weighted by Crippen LogP contribution is 2.32. The Morgan fingerprint density at radius 3 is 2.39 bits per heavy atom. The molecule has 0 amide bonds. The lowest BCUT2D eigenvalue weighted by molar-refractivity contribution is 0.591. The van der Waals surface area contributed by atoms with Crippen molar-refractivity contribution < 1.29 is 8.42 Å². The zero-order valence-corrected chi connectivity index (χ0v) is 14.8. The minimum absolute atomic E-state index is 0.0435. The van der Waals surface area contributed by atoms with Crippen molar-refractivity contribution in [2.45, 2.75) is 31.1 Å². The van der Waals surface area contributed by atoms with Crippen LogP contribution in [0.3, 0.4) is 0 Å².